The number of aromatic nitrogens is 2. The maximum atomic E-state index is 12.7. The number of aromatic amines is 1. The lowest BCUT2D eigenvalue weighted by Crippen LogP contribution is -2.43. The Morgan fingerprint density at radius 3 is 2.53 bits per heavy atom. The van der Waals surface area contributed by atoms with Crippen LogP contribution in [0, 0.1) is 5.92 Å². The van der Waals surface area contributed by atoms with Gasteiger partial charge >= 0.3 is 0 Å². The van der Waals surface area contributed by atoms with Gasteiger partial charge in [0.1, 0.15) is 5.82 Å². The van der Waals surface area contributed by atoms with E-state index in [0.717, 1.165) is 22.4 Å². The number of nitrogens with zero attached hydrogens (tertiary/aromatic N) is 2. The first-order valence-corrected chi connectivity index (χ1v) is 10.4. The Morgan fingerprint density at radius 1 is 1.10 bits per heavy atom. The number of likely N-dealkylation sites (tertiary alicyclic amines) is 1. The van der Waals surface area contributed by atoms with Crippen LogP contribution in [-0.2, 0) is 9.59 Å². The number of para-hydroxylation sites is 2. The van der Waals surface area contributed by atoms with E-state index in [1.807, 2.05) is 72.5 Å². The fraction of sp³-hybridized carbons (Fsp3) is 0.292. The molecule has 1 unspecified atom stereocenters. The van der Waals surface area contributed by atoms with Crippen LogP contribution in [0.3, 0.4) is 0 Å². The third-order valence-electron chi connectivity index (χ3n) is 5.57. The summed E-state index contributed by atoms with van der Waals surface area (Å²) in [5, 5.41) is 3.07. The predicted octanol–water partition coefficient (Wildman–Crippen LogP) is 3.69. The summed E-state index contributed by atoms with van der Waals surface area (Å²) in [4.78, 5) is 34.8. The monoisotopic (exact) mass is 402 g/mol. The van der Waals surface area contributed by atoms with Crippen LogP contribution in [-0.4, -0.2) is 39.8 Å². The first kappa shape index (κ1) is 19.9. The van der Waals surface area contributed by atoms with E-state index in [9.17, 15) is 9.59 Å². The number of carbonyl (C=O) groups excluding carboxylic acids is 2. The lowest BCUT2D eigenvalue weighted by Gasteiger charge is -2.31. The molecule has 0 radical (unpaired) electrons. The molecule has 0 aliphatic carbocycles. The van der Waals surface area contributed by atoms with E-state index in [4.69, 9.17) is 0 Å². The number of piperidine rings is 1. The molecule has 2 aromatic carbocycles. The molecular weight excluding hydrogens is 376 g/mol. The molecule has 1 aliphatic rings. The van der Waals surface area contributed by atoms with Crippen LogP contribution >= 0.6 is 0 Å². The van der Waals surface area contributed by atoms with E-state index in [-0.39, 0.29) is 23.8 Å². The fourth-order valence-electron chi connectivity index (χ4n) is 3.78. The number of nitrogens with one attached hydrogen (secondary N) is 2. The molecular formula is C24H26N4O2. The van der Waals surface area contributed by atoms with Gasteiger partial charge in [0.05, 0.1) is 17.1 Å². The molecule has 1 atom stereocenters. The normalized spacial score (nSPS) is 16.1. The SMILES string of the molecule is CC(NC(=O)C1CCN(C(=O)C=Cc2ccccc2)CC1)c1nc2ccccc2[nH]1. The molecule has 1 saturated heterocycles. The molecule has 6 nitrogen and oxygen atoms in total. The minimum absolute atomic E-state index is 0.00615. The van der Waals surface area contributed by atoms with Crippen molar-refractivity contribution in [3.8, 4) is 0 Å². The number of amides is 2. The highest BCUT2D eigenvalue weighted by molar-refractivity contribution is 5.92. The van der Waals surface area contributed by atoms with E-state index in [1.54, 1.807) is 6.08 Å². The topological polar surface area (TPSA) is 78.1 Å². The van der Waals surface area contributed by atoms with Gasteiger partial charge in [-0.25, -0.2) is 4.98 Å². The summed E-state index contributed by atoms with van der Waals surface area (Å²) in [5.41, 5.74) is 2.85. The van der Waals surface area contributed by atoms with Crippen LogP contribution in [0.1, 0.15) is 37.2 Å². The predicted molar refractivity (Wildman–Crippen MR) is 117 cm³/mol. The summed E-state index contributed by atoms with van der Waals surface area (Å²) in [7, 11) is 0. The summed E-state index contributed by atoms with van der Waals surface area (Å²) >= 11 is 0. The second kappa shape index (κ2) is 8.95. The maximum absolute atomic E-state index is 12.7. The molecule has 6 heteroatoms. The summed E-state index contributed by atoms with van der Waals surface area (Å²) < 4.78 is 0. The zero-order valence-electron chi connectivity index (χ0n) is 17.0. The molecule has 3 aromatic rings. The van der Waals surface area contributed by atoms with Gasteiger partial charge in [0, 0.05) is 25.1 Å². The van der Waals surface area contributed by atoms with E-state index in [1.165, 1.54) is 0 Å². The quantitative estimate of drug-likeness (QED) is 0.639. The number of hydrogen-bond acceptors (Lipinski definition) is 3. The Bertz CT molecular complexity index is 1020. The average molecular weight is 402 g/mol. The first-order chi connectivity index (χ1) is 14.6. The van der Waals surface area contributed by atoms with Gasteiger partial charge in [-0.2, -0.15) is 0 Å². The van der Waals surface area contributed by atoms with E-state index in [0.29, 0.717) is 25.9 Å². The minimum atomic E-state index is -0.196. The van der Waals surface area contributed by atoms with Crippen LogP contribution < -0.4 is 5.32 Å². The summed E-state index contributed by atoms with van der Waals surface area (Å²) in [5.74, 6) is 0.686. The second-order valence-corrected chi connectivity index (χ2v) is 7.71. The van der Waals surface area contributed by atoms with Crippen molar-refractivity contribution in [1.82, 2.24) is 20.2 Å². The van der Waals surface area contributed by atoms with Crippen LogP contribution in [0.5, 0.6) is 0 Å². The van der Waals surface area contributed by atoms with Crippen LogP contribution in [0.15, 0.2) is 60.7 Å². The molecule has 0 spiro atoms. The fourth-order valence-corrected chi connectivity index (χ4v) is 3.78. The largest absolute Gasteiger partial charge is 0.346 e. The molecule has 2 amide bonds. The average Bonchev–Trinajstić information content (AvgIpc) is 3.23. The van der Waals surface area contributed by atoms with Crippen LogP contribution in [0.25, 0.3) is 17.1 Å². The Morgan fingerprint density at radius 2 is 1.80 bits per heavy atom. The van der Waals surface area contributed by atoms with Gasteiger partial charge in [0.15, 0.2) is 0 Å². The van der Waals surface area contributed by atoms with Crippen molar-refractivity contribution in [1.29, 1.82) is 0 Å². The molecule has 4 rings (SSSR count). The summed E-state index contributed by atoms with van der Waals surface area (Å²) in [6.45, 7) is 3.12. The van der Waals surface area contributed by atoms with Gasteiger partial charge < -0.3 is 15.2 Å². The third-order valence-corrected chi connectivity index (χ3v) is 5.57. The molecule has 0 bridgehead atoms. The molecule has 1 aliphatic heterocycles. The van der Waals surface area contributed by atoms with Gasteiger partial charge in [0.25, 0.3) is 0 Å². The minimum Gasteiger partial charge on any atom is -0.346 e. The molecule has 30 heavy (non-hydrogen) atoms. The van der Waals surface area contributed by atoms with Crippen molar-refractivity contribution in [2.24, 2.45) is 5.92 Å². The number of fused-ring (bicyclic) bond motifs is 1. The van der Waals surface area contributed by atoms with E-state index >= 15 is 0 Å². The maximum Gasteiger partial charge on any atom is 0.246 e. The zero-order chi connectivity index (χ0) is 20.9. The number of imidazole rings is 1. The molecule has 0 saturated carbocycles. The van der Waals surface area contributed by atoms with Crippen molar-refractivity contribution in [2.45, 2.75) is 25.8 Å². The van der Waals surface area contributed by atoms with Crippen molar-refractivity contribution in [2.75, 3.05) is 13.1 Å². The highest BCUT2D eigenvalue weighted by atomic mass is 16.2. The van der Waals surface area contributed by atoms with Gasteiger partial charge in [-0.05, 0) is 43.5 Å². The molecule has 2 heterocycles. The Kier molecular flexibility index (Phi) is 5.93. The van der Waals surface area contributed by atoms with Crippen molar-refractivity contribution >= 4 is 28.9 Å². The second-order valence-electron chi connectivity index (χ2n) is 7.71. The molecule has 154 valence electrons. The van der Waals surface area contributed by atoms with Gasteiger partial charge in [-0.15, -0.1) is 0 Å². The Hall–Kier alpha value is -3.41. The Labute approximate surface area is 176 Å². The molecule has 1 fully saturated rings. The molecule has 2 N–H and O–H groups in total. The van der Waals surface area contributed by atoms with E-state index in [2.05, 4.69) is 15.3 Å². The number of H-pyrrole nitrogens is 1. The summed E-state index contributed by atoms with van der Waals surface area (Å²) in [6, 6.07) is 17.4. The van der Waals surface area contributed by atoms with Crippen LogP contribution in [0.4, 0.5) is 0 Å². The number of hydrogen-bond donors (Lipinski definition) is 2. The van der Waals surface area contributed by atoms with Gasteiger partial charge in [-0.1, -0.05) is 42.5 Å². The molecule has 1 aromatic heterocycles. The van der Waals surface area contributed by atoms with E-state index < -0.39 is 0 Å². The standard InChI is InChI=1S/C24H26N4O2/c1-17(23-26-20-9-5-6-10-21(20)27-23)25-24(30)19-13-15-28(16-14-19)22(29)12-11-18-7-3-2-4-8-18/h2-12,17,19H,13-16H2,1H3,(H,25,30)(H,26,27). The van der Waals surface area contributed by atoms with Crippen LogP contribution in [0.2, 0.25) is 0 Å². The lowest BCUT2D eigenvalue weighted by atomic mass is 9.95. The zero-order valence-corrected chi connectivity index (χ0v) is 17.0. The lowest BCUT2D eigenvalue weighted by molar-refractivity contribution is -0.132. The van der Waals surface area contributed by atoms with Crippen molar-refractivity contribution in [3.05, 3.63) is 72.1 Å². The van der Waals surface area contributed by atoms with Gasteiger partial charge in [0.2, 0.25) is 11.8 Å². The number of rotatable bonds is 5. The summed E-state index contributed by atoms with van der Waals surface area (Å²) in [6.07, 6.45) is 4.78. The third kappa shape index (κ3) is 4.59. The Balaban J connectivity index is 1.28. The highest BCUT2D eigenvalue weighted by Crippen LogP contribution is 2.20. The van der Waals surface area contributed by atoms with Crippen molar-refractivity contribution in [3.63, 3.8) is 0 Å². The smallest absolute Gasteiger partial charge is 0.246 e. The first-order valence-electron chi connectivity index (χ1n) is 10.4. The number of carbonyl (C=O) groups is 2. The highest BCUT2D eigenvalue weighted by Gasteiger charge is 2.27. The number of benzene rings is 2. The van der Waals surface area contributed by atoms with Crippen molar-refractivity contribution < 1.29 is 9.59 Å². The van der Waals surface area contributed by atoms with Gasteiger partial charge in [-0.3, -0.25) is 9.59 Å².